The summed E-state index contributed by atoms with van der Waals surface area (Å²) in [4.78, 5) is 40.7. The number of imide groups is 1. The van der Waals surface area contributed by atoms with E-state index in [2.05, 4.69) is 26.3 Å². The third-order valence-electron chi connectivity index (χ3n) is 7.61. The lowest BCUT2D eigenvalue weighted by atomic mass is 9.93. The molecule has 3 fully saturated rings. The van der Waals surface area contributed by atoms with Crippen molar-refractivity contribution in [2.75, 3.05) is 50.7 Å². The molecule has 0 saturated carbocycles. The van der Waals surface area contributed by atoms with Crippen LogP contribution in [-0.2, 0) is 16.6 Å². The molecule has 1 aromatic carbocycles. The molecule has 3 aliphatic rings. The molecule has 10 nitrogen and oxygen atoms in total. The van der Waals surface area contributed by atoms with Gasteiger partial charge in [-0.2, -0.15) is 5.10 Å². The number of carboxylic acid groups (broad SMARTS) is 1. The number of alkyl halides is 1. The average Bonchev–Trinajstić information content (AvgIpc) is 3.16. The minimum absolute atomic E-state index is 0.0362. The van der Waals surface area contributed by atoms with Gasteiger partial charge < -0.3 is 14.9 Å². The smallest absolute Gasteiger partial charge is 0.407 e. The standard InChI is InChI=1S/C24H31FN6O4/c1-28-20-12-16(2-3-17(20)22(27-28)18-4-5-21(32)26-23(18)33)30-10-8-29(9-11-30)13-15-6-7-31(24(34)35)14-19(15)25/h2-3,12,15,18-19H,4-11,13-14H2,1H3,(H,34,35)(H,26,32,33)/t15-,18?,19+/m1/s1. The minimum atomic E-state index is -1.12. The average molecular weight is 487 g/mol. The molecular weight excluding hydrogens is 455 g/mol. The molecule has 1 unspecified atom stereocenters. The Morgan fingerprint density at radius 1 is 1.17 bits per heavy atom. The first-order chi connectivity index (χ1) is 16.8. The predicted octanol–water partition coefficient (Wildman–Crippen LogP) is 1.55. The zero-order valence-corrected chi connectivity index (χ0v) is 19.8. The first-order valence-electron chi connectivity index (χ1n) is 12.2. The van der Waals surface area contributed by atoms with Crippen LogP contribution in [0.3, 0.4) is 0 Å². The third kappa shape index (κ3) is 4.69. The zero-order valence-electron chi connectivity index (χ0n) is 19.8. The van der Waals surface area contributed by atoms with Crippen LogP contribution in [0.5, 0.6) is 0 Å². The summed E-state index contributed by atoms with van der Waals surface area (Å²) in [5, 5.41) is 17.0. The molecule has 0 spiro atoms. The number of halogens is 1. The van der Waals surface area contributed by atoms with Crippen molar-refractivity contribution in [2.45, 2.75) is 31.4 Å². The van der Waals surface area contributed by atoms with E-state index < -0.39 is 18.2 Å². The van der Waals surface area contributed by atoms with Gasteiger partial charge in [0.1, 0.15) is 6.17 Å². The monoisotopic (exact) mass is 486 g/mol. The van der Waals surface area contributed by atoms with Gasteiger partial charge in [0.2, 0.25) is 11.8 Å². The molecule has 0 radical (unpaired) electrons. The second-order valence-corrected chi connectivity index (χ2v) is 9.79. The Hall–Kier alpha value is -3.21. The van der Waals surface area contributed by atoms with E-state index in [-0.39, 0.29) is 24.3 Å². The molecule has 1 aromatic heterocycles. The van der Waals surface area contributed by atoms with Gasteiger partial charge in [-0.3, -0.25) is 24.5 Å². The van der Waals surface area contributed by atoms with E-state index in [1.165, 1.54) is 4.90 Å². The molecule has 3 atom stereocenters. The van der Waals surface area contributed by atoms with Gasteiger partial charge in [-0.25, -0.2) is 9.18 Å². The Morgan fingerprint density at radius 2 is 1.94 bits per heavy atom. The number of fused-ring (bicyclic) bond motifs is 1. The molecule has 3 aliphatic heterocycles. The van der Waals surface area contributed by atoms with E-state index in [0.717, 1.165) is 42.8 Å². The Kier molecular flexibility index (Phi) is 6.35. The molecule has 2 aromatic rings. The van der Waals surface area contributed by atoms with Crippen molar-refractivity contribution in [1.29, 1.82) is 0 Å². The van der Waals surface area contributed by atoms with Crippen LogP contribution in [-0.4, -0.2) is 94.6 Å². The predicted molar refractivity (Wildman–Crippen MR) is 127 cm³/mol. The van der Waals surface area contributed by atoms with Crippen LogP contribution in [0, 0.1) is 5.92 Å². The quantitative estimate of drug-likeness (QED) is 0.631. The third-order valence-corrected chi connectivity index (χ3v) is 7.61. The van der Waals surface area contributed by atoms with Crippen LogP contribution in [0.1, 0.15) is 30.9 Å². The van der Waals surface area contributed by atoms with Gasteiger partial charge >= 0.3 is 6.09 Å². The highest BCUT2D eigenvalue weighted by Gasteiger charge is 2.34. The lowest BCUT2D eigenvalue weighted by Crippen LogP contribution is -2.51. The zero-order chi connectivity index (χ0) is 24.7. The number of amides is 3. The second kappa shape index (κ2) is 9.44. The molecule has 5 rings (SSSR count). The number of nitrogens with one attached hydrogen (secondary N) is 1. The van der Waals surface area contributed by atoms with Gasteiger partial charge in [-0.1, -0.05) is 0 Å². The number of hydrogen-bond donors (Lipinski definition) is 2. The van der Waals surface area contributed by atoms with Gasteiger partial charge in [0.15, 0.2) is 0 Å². The van der Waals surface area contributed by atoms with Crippen molar-refractivity contribution in [2.24, 2.45) is 13.0 Å². The molecular formula is C24H31FN6O4. The number of carbonyl (C=O) groups is 3. The molecule has 11 heteroatoms. The van der Waals surface area contributed by atoms with Gasteiger partial charge in [-0.15, -0.1) is 0 Å². The lowest BCUT2D eigenvalue weighted by Gasteiger charge is -2.40. The minimum Gasteiger partial charge on any atom is -0.465 e. The lowest BCUT2D eigenvalue weighted by molar-refractivity contribution is -0.134. The molecule has 4 heterocycles. The van der Waals surface area contributed by atoms with Crippen LogP contribution < -0.4 is 10.2 Å². The van der Waals surface area contributed by atoms with Crippen LogP contribution in [0.25, 0.3) is 10.9 Å². The van der Waals surface area contributed by atoms with E-state index in [1.807, 2.05) is 19.2 Å². The fraction of sp³-hybridized carbons (Fsp3) is 0.583. The highest BCUT2D eigenvalue weighted by molar-refractivity contribution is 6.02. The normalized spacial score (nSPS) is 26.3. The highest BCUT2D eigenvalue weighted by Crippen LogP contribution is 2.32. The molecule has 188 valence electrons. The first-order valence-corrected chi connectivity index (χ1v) is 12.2. The van der Waals surface area contributed by atoms with Crippen LogP contribution in [0.15, 0.2) is 18.2 Å². The fourth-order valence-corrected chi connectivity index (χ4v) is 5.54. The van der Waals surface area contributed by atoms with Crippen molar-refractivity contribution in [1.82, 2.24) is 24.9 Å². The van der Waals surface area contributed by atoms with Crippen molar-refractivity contribution < 1.29 is 23.9 Å². The number of aromatic nitrogens is 2. The van der Waals surface area contributed by atoms with E-state index in [0.29, 0.717) is 38.0 Å². The number of nitrogens with zero attached hydrogens (tertiary/aromatic N) is 5. The molecule has 0 bridgehead atoms. The van der Waals surface area contributed by atoms with Gasteiger partial charge in [0, 0.05) is 69.7 Å². The molecule has 0 aliphatic carbocycles. The maximum atomic E-state index is 14.5. The van der Waals surface area contributed by atoms with Gasteiger partial charge in [0.05, 0.1) is 23.7 Å². The van der Waals surface area contributed by atoms with Crippen molar-refractivity contribution in [3.63, 3.8) is 0 Å². The second-order valence-electron chi connectivity index (χ2n) is 9.79. The topological polar surface area (TPSA) is 111 Å². The maximum absolute atomic E-state index is 14.5. The summed E-state index contributed by atoms with van der Waals surface area (Å²) in [6, 6.07) is 6.15. The highest BCUT2D eigenvalue weighted by atomic mass is 19.1. The number of aryl methyl sites for hydroxylation is 1. The first kappa shape index (κ1) is 23.5. The number of likely N-dealkylation sites (tertiary alicyclic amines) is 1. The van der Waals surface area contributed by atoms with Crippen LogP contribution in [0.4, 0.5) is 14.9 Å². The molecule has 35 heavy (non-hydrogen) atoms. The summed E-state index contributed by atoms with van der Waals surface area (Å²) in [6.07, 6.45) is -0.827. The molecule has 2 N–H and O–H groups in total. The number of benzene rings is 1. The van der Waals surface area contributed by atoms with Gasteiger partial charge in [-0.05, 0) is 31.0 Å². The number of hydrogen-bond acceptors (Lipinski definition) is 6. The van der Waals surface area contributed by atoms with Crippen LogP contribution >= 0.6 is 0 Å². The van der Waals surface area contributed by atoms with Crippen LogP contribution in [0.2, 0.25) is 0 Å². The Bertz CT molecular complexity index is 1140. The summed E-state index contributed by atoms with van der Waals surface area (Å²) in [7, 11) is 1.86. The largest absolute Gasteiger partial charge is 0.465 e. The number of piperidine rings is 2. The van der Waals surface area contributed by atoms with E-state index in [1.54, 1.807) is 4.68 Å². The van der Waals surface area contributed by atoms with E-state index in [9.17, 15) is 18.8 Å². The summed E-state index contributed by atoms with van der Waals surface area (Å²) in [6.45, 7) is 4.27. The summed E-state index contributed by atoms with van der Waals surface area (Å²) in [5.41, 5.74) is 2.72. The number of anilines is 1. The van der Waals surface area contributed by atoms with E-state index >= 15 is 0 Å². The fourth-order valence-electron chi connectivity index (χ4n) is 5.54. The van der Waals surface area contributed by atoms with Crippen molar-refractivity contribution in [3.05, 3.63) is 23.9 Å². The number of carbonyl (C=O) groups excluding carboxylic acids is 2. The number of piperazine rings is 1. The summed E-state index contributed by atoms with van der Waals surface area (Å²) in [5.74, 6) is -1.08. The summed E-state index contributed by atoms with van der Waals surface area (Å²) >= 11 is 0. The van der Waals surface area contributed by atoms with Crippen molar-refractivity contribution in [3.8, 4) is 0 Å². The molecule has 3 saturated heterocycles. The molecule has 3 amide bonds. The maximum Gasteiger partial charge on any atom is 0.407 e. The summed E-state index contributed by atoms with van der Waals surface area (Å²) < 4.78 is 16.3. The Labute approximate surface area is 202 Å². The van der Waals surface area contributed by atoms with Gasteiger partial charge in [0.25, 0.3) is 0 Å². The Morgan fingerprint density at radius 3 is 2.63 bits per heavy atom. The Balaban J connectivity index is 1.22. The SMILES string of the molecule is Cn1nc(C2CCC(=O)NC2=O)c2ccc(N3CCN(C[C@H]4CCN(C(=O)O)C[C@@H]4F)CC3)cc21. The van der Waals surface area contributed by atoms with Crippen molar-refractivity contribution >= 4 is 34.5 Å². The number of rotatable bonds is 4. The van der Waals surface area contributed by atoms with E-state index in [4.69, 9.17) is 5.11 Å².